The number of likely N-dealkylation sites (tertiary alicyclic amines) is 2. The lowest BCUT2D eigenvalue weighted by Gasteiger charge is -2.35. The number of amides is 2. The third-order valence-electron chi connectivity index (χ3n) is 4.58. The van der Waals surface area contributed by atoms with Gasteiger partial charge in [-0.3, -0.25) is 9.59 Å². The number of piperidine rings is 1. The molecule has 5 heteroatoms. The molecule has 2 fully saturated rings. The van der Waals surface area contributed by atoms with Crippen molar-refractivity contribution in [2.24, 2.45) is 5.92 Å². The molecule has 2 aliphatic heterocycles. The minimum Gasteiger partial charge on any atom is -0.342 e. The normalized spacial score (nSPS) is 24.3. The van der Waals surface area contributed by atoms with Crippen LogP contribution in [0.5, 0.6) is 0 Å². The van der Waals surface area contributed by atoms with Crippen LogP contribution in [0.4, 0.5) is 0 Å². The van der Waals surface area contributed by atoms with Gasteiger partial charge in [-0.25, -0.2) is 0 Å². The third-order valence-corrected chi connectivity index (χ3v) is 4.58. The summed E-state index contributed by atoms with van der Waals surface area (Å²) < 4.78 is 0. The fourth-order valence-electron chi connectivity index (χ4n) is 3.20. The van der Waals surface area contributed by atoms with Crippen LogP contribution >= 0.6 is 0 Å². The number of rotatable bonds is 4. The standard InChI is InChI=1S/C16H29N3O2/c1-17(2)11-12-19-13-14(7-8-15(19)20)16(21)18-9-5-3-4-6-10-18/h14H,3-13H2,1-2H3. The molecule has 2 saturated heterocycles. The third kappa shape index (κ3) is 4.70. The monoisotopic (exact) mass is 295 g/mol. The second-order valence-electron chi connectivity index (χ2n) is 6.62. The maximum atomic E-state index is 12.7. The van der Waals surface area contributed by atoms with Crippen LogP contribution in [-0.2, 0) is 9.59 Å². The minimum absolute atomic E-state index is 0.0166. The van der Waals surface area contributed by atoms with Crippen LogP contribution in [0.25, 0.3) is 0 Å². The lowest BCUT2D eigenvalue weighted by Crippen LogP contribution is -2.48. The molecule has 0 radical (unpaired) electrons. The van der Waals surface area contributed by atoms with Crippen LogP contribution in [0, 0.1) is 5.92 Å². The van der Waals surface area contributed by atoms with Crippen LogP contribution in [0.2, 0.25) is 0 Å². The summed E-state index contributed by atoms with van der Waals surface area (Å²) in [6.45, 7) is 4.01. The fourth-order valence-corrected chi connectivity index (χ4v) is 3.20. The van der Waals surface area contributed by atoms with E-state index in [9.17, 15) is 9.59 Å². The molecule has 0 saturated carbocycles. The van der Waals surface area contributed by atoms with E-state index in [1.165, 1.54) is 12.8 Å². The molecule has 21 heavy (non-hydrogen) atoms. The lowest BCUT2D eigenvalue weighted by atomic mass is 9.95. The van der Waals surface area contributed by atoms with Crippen LogP contribution in [0.3, 0.4) is 0 Å². The van der Waals surface area contributed by atoms with E-state index >= 15 is 0 Å². The Morgan fingerprint density at radius 2 is 1.86 bits per heavy atom. The van der Waals surface area contributed by atoms with Gasteiger partial charge in [0.15, 0.2) is 0 Å². The van der Waals surface area contributed by atoms with Crippen molar-refractivity contribution in [1.29, 1.82) is 0 Å². The van der Waals surface area contributed by atoms with Crippen molar-refractivity contribution >= 4 is 11.8 Å². The average Bonchev–Trinajstić information content (AvgIpc) is 2.74. The van der Waals surface area contributed by atoms with Crippen molar-refractivity contribution in [1.82, 2.24) is 14.7 Å². The molecule has 0 spiro atoms. The van der Waals surface area contributed by atoms with Crippen molar-refractivity contribution < 1.29 is 9.59 Å². The Morgan fingerprint density at radius 3 is 2.48 bits per heavy atom. The first-order valence-corrected chi connectivity index (χ1v) is 8.29. The molecule has 2 amide bonds. The maximum absolute atomic E-state index is 12.7. The van der Waals surface area contributed by atoms with Gasteiger partial charge in [0.2, 0.25) is 11.8 Å². The summed E-state index contributed by atoms with van der Waals surface area (Å²) in [5.41, 5.74) is 0. The summed E-state index contributed by atoms with van der Waals surface area (Å²) in [4.78, 5) is 30.7. The number of likely N-dealkylation sites (N-methyl/N-ethyl adjacent to an activating group) is 1. The highest BCUT2D eigenvalue weighted by Gasteiger charge is 2.32. The summed E-state index contributed by atoms with van der Waals surface area (Å²) in [6.07, 6.45) is 5.98. The molecule has 0 aliphatic carbocycles. The molecule has 2 rings (SSSR count). The number of hydrogen-bond acceptors (Lipinski definition) is 3. The Morgan fingerprint density at radius 1 is 1.19 bits per heavy atom. The van der Waals surface area contributed by atoms with Crippen LogP contribution < -0.4 is 0 Å². The molecule has 0 aromatic heterocycles. The average molecular weight is 295 g/mol. The van der Waals surface area contributed by atoms with Crippen molar-refractivity contribution in [3.05, 3.63) is 0 Å². The van der Waals surface area contributed by atoms with Gasteiger partial charge in [-0.15, -0.1) is 0 Å². The quantitative estimate of drug-likeness (QED) is 0.782. The van der Waals surface area contributed by atoms with Crippen LogP contribution in [0.1, 0.15) is 38.5 Å². The van der Waals surface area contributed by atoms with Gasteiger partial charge in [-0.2, -0.15) is 0 Å². The van der Waals surface area contributed by atoms with E-state index in [1.807, 2.05) is 23.9 Å². The van der Waals surface area contributed by atoms with Gasteiger partial charge in [0.25, 0.3) is 0 Å². The van der Waals surface area contributed by atoms with Gasteiger partial charge in [0.1, 0.15) is 0 Å². The zero-order valence-corrected chi connectivity index (χ0v) is 13.5. The molecule has 5 nitrogen and oxygen atoms in total. The summed E-state index contributed by atoms with van der Waals surface area (Å²) >= 11 is 0. The first kappa shape index (κ1) is 16.3. The zero-order chi connectivity index (χ0) is 15.2. The van der Waals surface area contributed by atoms with E-state index in [0.717, 1.165) is 45.4 Å². The topological polar surface area (TPSA) is 43.9 Å². The molecule has 120 valence electrons. The van der Waals surface area contributed by atoms with Crippen molar-refractivity contribution in [3.63, 3.8) is 0 Å². The van der Waals surface area contributed by atoms with Gasteiger partial charge in [0, 0.05) is 39.1 Å². The molecule has 2 heterocycles. The molecule has 0 N–H and O–H groups in total. The van der Waals surface area contributed by atoms with E-state index in [0.29, 0.717) is 13.0 Å². The molecule has 0 aromatic rings. The summed E-state index contributed by atoms with van der Waals surface area (Å²) in [5, 5.41) is 0. The predicted molar refractivity (Wildman–Crippen MR) is 82.9 cm³/mol. The molecule has 1 unspecified atom stereocenters. The molecular formula is C16H29N3O2. The Labute approximate surface area is 128 Å². The van der Waals surface area contributed by atoms with Crippen molar-refractivity contribution in [3.8, 4) is 0 Å². The Bertz CT molecular complexity index is 363. The van der Waals surface area contributed by atoms with Crippen molar-refractivity contribution in [2.75, 3.05) is 46.8 Å². The van der Waals surface area contributed by atoms with Crippen LogP contribution in [-0.4, -0.2) is 73.3 Å². The molecule has 1 atom stereocenters. The summed E-state index contributed by atoms with van der Waals surface area (Å²) in [7, 11) is 4.02. The number of carbonyl (C=O) groups excluding carboxylic acids is 2. The van der Waals surface area contributed by atoms with E-state index in [4.69, 9.17) is 0 Å². The maximum Gasteiger partial charge on any atom is 0.227 e. The number of hydrogen-bond donors (Lipinski definition) is 0. The largest absolute Gasteiger partial charge is 0.342 e. The molecule has 0 aromatic carbocycles. The van der Waals surface area contributed by atoms with E-state index in [1.54, 1.807) is 0 Å². The second kappa shape index (κ2) is 7.78. The first-order chi connectivity index (χ1) is 10.1. The van der Waals surface area contributed by atoms with Crippen LogP contribution in [0.15, 0.2) is 0 Å². The predicted octanol–water partition coefficient (Wildman–Crippen LogP) is 1.19. The number of nitrogens with zero attached hydrogens (tertiary/aromatic N) is 3. The minimum atomic E-state index is 0.0166. The Hall–Kier alpha value is -1.10. The smallest absolute Gasteiger partial charge is 0.227 e. The molecular weight excluding hydrogens is 266 g/mol. The van der Waals surface area contributed by atoms with Crippen molar-refractivity contribution in [2.45, 2.75) is 38.5 Å². The van der Waals surface area contributed by atoms with E-state index < -0.39 is 0 Å². The summed E-state index contributed by atoms with van der Waals surface area (Å²) in [5.74, 6) is 0.499. The zero-order valence-electron chi connectivity index (χ0n) is 13.5. The molecule has 2 aliphatic rings. The van der Waals surface area contributed by atoms with Gasteiger partial charge in [0.05, 0.1) is 5.92 Å². The molecule has 0 bridgehead atoms. The van der Waals surface area contributed by atoms with Gasteiger partial charge in [-0.05, 0) is 33.4 Å². The van der Waals surface area contributed by atoms with E-state index in [2.05, 4.69) is 4.90 Å². The number of carbonyl (C=O) groups is 2. The second-order valence-corrected chi connectivity index (χ2v) is 6.62. The SMILES string of the molecule is CN(C)CCN1CC(C(=O)N2CCCCCC2)CCC1=O. The fraction of sp³-hybridized carbons (Fsp3) is 0.875. The Kier molecular flexibility index (Phi) is 6.03. The van der Waals surface area contributed by atoms with Gasteiger partial charge >= 0.3 is 0 Å². The highest BCUT2D eigenvalue weighted by Crippen LogP contribution is 2.21. The summed E-state index contributed by atoms with van der Waals surface area (Å²) in [6, 6.07) is 0. The highest BCUT2D eigenvalue weighted by molar-refractivity contribution is 5.83. The lowest BCUT2D eigenvalue weighted by molar-refractivity contribution is -0.143. The first-order valence-electron chi connectivity index (χ1n) is 8.29. The Balaban J connectivity index is 1.89. The van der Waals surface area contributed by atoms with Gasteiger partial charge in [-0.1, -0.05) is 12.8 Å². The van der Waals surface area contributed by atoms with E-state index in [-0.39, 0.29) is 17.7 Å². The van der Waals surface area contributed by atoms with Gasteiger partial charge < -0.3 is 14.7 Å². The highest BCUT2D eigenvalue weighted by atomic mass is 16.2.